The van der Waals surface area contributed by atoms with Crippen molar-refractivity contribution in [1.82, 2.24) is 4.98 Å². The van der Waals surface area contributed by atoms with Crippen molar-refractivity contribution in [2.75, 3.05) is 17.4 Å². The summed E-state index contributed by atoms with van der Waals surface area (Å²) < 4.78 is 5.34. The number of pyridine rings is 1. The number of nitrogens with one attached hydrogen (secondary N) is 1. The quantitative estimate of drug-likeness (QED) is 0.346. The maximum Gasteiger partial charge on any atom is 0.118 e. The topological polar surface area (TPSA) is 49.8 Å². The van der Waals surface area contributed by atoms with Gasteiger partial charge in [0.15, 0.2) is 0 Å². The van der Waals surface area contributed by atoms with Gasteiger partial charge in [0.25, 0.3) is 0 Å². The third-order valence-electron chi connectivity index (χ3n) is 5.67. The molecule has 1 unspecified atom stereocenters. The molecular weight excluding hydrogens is 432 g/mol. The number of methoxy groups -OCH3 is 1. The average Bonchev–Trinajstić information content (AvgIpc) is 3.31. The Labute approximate surface area is 198 Å². The van der Waals surface area contributed by atoms with E-state index < -0.39 is 0 Å². The highest BCUT2D eigenvalue weighted by molar-refractivity contribution is 6.30. The normalized spacial score (nSPS) is 15.3. The van der Waals surface area contributed by atoms with Gasteiger partial charge in [-0.1, -0.05) is 35.9 Å². The fourth-order valence-electron chi connectivity index (χ4n) is 3.98. The van der Waals surface area contributed by atoms with E-state index in [1.54, 1.807) is 19.5 Å². The summed E-state index contributed by atoms with van der Waals surface area (Å²) >= 11 is 6.13. The van der Waals surface area contributed by atoms with Crippen LogP contribution < -0.4 is 15.1 Å². The molecule has 0 fully saturated rings. The molecule has 0 radical (unpaired) electrons. The van der Waals surface area contributed by atoms with Crippen LogP contribution in [-0.4, -0.2) is 17.8 Å². The zero-order valence-corrected chi connectivity index (χ0v) is 18.9. The summed E-state index contributed by atoms with van der Waals surface area (Å²) in [6.45, 7) is 0. The van der Waals surface area contributed by atoms with Gasteiger partial charge in [-0.3, -0.25) is 9.99 Å². The number of aromatic nitrogens is 1. The van der Waals surface area contributed by atoms with Gasteiger partial charge in [-0.15, -0.1) is 0 Å². The van der Waals surface area contributed by atoms with Gasteiger partial charge in [-0.25, -0.2) is 0 Å². The molecule has 1 aromatic heterocycles. The predicted molar refractivity (Wildman–Crippen MR) is 135 cm³/mol. The molecule has 0 spiro atoms. The summed E-state index contributed by atoms with van der Waals surface area (Å²) in [4.78, 5) is 4.08. The summed E-state index contributed by atoms with van der Waals surface area (Å²) in [7, 11) is 1.68. The second-order valence-electron chi connectivity index (χ2n) is 7.80. The van der Waals surface area contributed by atoms with Gasteiger partial charge in [0, 0.05) is 35.2 Å². The van der Waals surface area contributed by atoms with Crippen molar-refractivity contribution in [3.05, 3.63) is 113 Å². The number of hydrogen-bond donors (Lipinski definition) is 1. The third kappa shape index (κ3) is 4.69. The lowest BCUT2D eigenvalue weighted by Gasteiger charge is -2.24. The first-order valence-electron chi connectivity index (χ1n) is 10.7. The lowest BCUT2D eigenvalue weighted by molar-refractivity contribution is 0.414. The van der Waals surface area contributed by atoms with Crippen LogP contribution in [0.15, 0.2) is 102 Å². The molecule has 5 nitrogen and oxygen atoms in total. The van der Waals surface area contributed by atoms with Gasteiger partial charge in [0.1, 0.15) is 5.75 Å². The van der Waals surface area contributed by atoms with Gasteiger partial charge in [0.2, 0.25) is 0 Å². The molecule has 0 aliphatic carbocycles. The molecule has 1 atom stereocenters. The van der Waals surface area contributed by atoms with Crippen LogP contribution in [0, 0.1) is 0 Å². The van der Waals surface area contributed by atoms with Crippen LogP contribution in [0.4, 0.5) is 17.1 Å². The molecule has 33 heavy (non-hydrogen) atoms. The van der Waals surface area contributed by atoms with E-state index in [0.29, 0.717) is 5.02 Å². The van der Waals surface area contributed by atoms with Crippen LogP contribution in [0.25, 0.3) is 0 Å². The second-order valence-corrected chi connectivity index (χ2v) is 8.24. The molecule has 0 bridgehead atoms. The Kier molecular flexibility index (Phi) is 5.96. The fraction of sp³-hybridized carbons (Fsp3) is 0.111. The Hall–Kier alpha value is -3.83. The maximum absolute atomic E-state index is 6.13. The monoisotopic (exact) mass is 454 g/mol. The lowest BCUT2D eigenvalue weighted by atomic mass is 9.98. The summed E-state index contributed by atoms with van der Waals surface area (Å²) in [6, 6.07) is 28.3. The predicted octanol–water partition coefficient (Wildman–Crippen LogP) is 6.84. The van der Waals surface area contributed by atoms with Crippen molar-refractivity contribution in [3.63, 3.8) is 0 Å². The van der Waals surface area contributed by atoms with Crippen molar-refractivity contribution >= 4 is 34.4 Å². The number of halogens is 1. The molecule has 1 aliphatic heterocycles. The minimum Gasteiger partial charge on any atom is -0.497 e. The van der Waals surface area contributed by atoms with E-state index in [1.165, 1.54) is 5.56 Å². The van der Waals surface area contributed by atoms with Crippen molar-refractivity contribution in [2.45, 2.75) is 12.5 Å². The number of nitrogens with zero attached hydrogens (tertiary/aromatic N) is 3. The van der Waals surface area contributed by atoms with Crippen LogP contribution in [0.3, 0.4) is 0 Å². The first-order valence-corrected chi connectivity index (χ1v) is 11.1. The van der Waals surface area contributed by atoms with Gasteiger partial charge in [-0.2, -0.15) is 5.10 Å². The minimum atomic E-state index is 0.0731. The van der Waals surface area contributed by atoms with Gasteiger partial charge >= 0.3 is 0 Å². The van der Waals surface area contributed by atoms with Crippen molar-refractivity contribution in [2.24, 2.45) is 5.10 Å². The lowest BCUT2D eigenvalue weighted by Crippen LogP contribution is -2.18. The van der Waals surface area contributed by atoms with Crippen molar-refractivity contribution in [3.8, 4) is 5.75 Å². The molecule has 0 saturated heterocycles. The van der Waals surface area contributed by atoms with E-state index in [-0.39, 0.29) is 6.04 Å². The number of hydrogen-bond acceptors (Lipinski definition) is 5. The highest BCUT2D eigenvalue weighted by Gasteiger charge is 2.30. The van der Waals surface area contributed by atoms with Crippen LogP contribution >= 0.6 is 11.6 Å². The molecule has 164 valence electrons. The van der Waals surface area contributed by atoms with E-state index in [0.717, 1.165) is 40.5 Å². The highest BCUT2D eigenvalue weighted by atomic mass is 35.5. The van der Waals surface area contributed by atoms with E-state index in [4.69, 9.17) is 21.4 Å². The number of rotatable bonds is 6. The summed E-state index contributed by atoms with van der Waals surface area (Å²) in [5, 5.41) is 11.3. The number of anilines is 3. The largest absolute Gasteiger partial charge is 0.497 e. The molecule has 5 rings (SSSR count). The molecule has 6 heteroatoms. The highest BCUT2D eigenvalue weighted by Crippen LogP contribution is 2.38. The molecule has 1 N–H and O–H groups in total. The summed E-state index contributed by atoms with van der Waals surface area (Å²) in [5.41, 5.74) is 6.30. The molecule has 3 aromatic carbocycles. The molecule has 2 heterocycles. The van der Waals surface area contributed by atoms with Gasteiger partial charge < -0.3 is 10.1 Å². The zero-order valence-electron chi connectivity index (χ0n) is 18.1. The number of ether oxygens (including phenoxy) is 1. The van der Waals surface area contributed by atoms with Gasteiger partial charge in [-0.05, 0) is 71.8 Å². The Balaban J connectivity index is 1.47. The Morgan fingerprint density at radius 3 is 2.39 bits per heavy atom. The smallest absolute Gasteiger partial charge is 0.118 e. The van der Waals surface area contributed by atoms with Crippen LogP contribution in [0.2, 0.25) is 5.02 Å². The number of benzene rings is 3. The van der Waals surface area contributed by atoms with Crippen LogP contribution in [-0.2, 0) is 0 Å². The maximum atomic E-state index is 6.13. The standard InChI is InChI=1S/C27H23ClN4O/c1-33-25-11-5-19(6-12-25)27-18-26(31-32(27)24-9-7-21(28)8-10-24)20-3-2-4-23(17-20)30-22-13-15-29-16-14-22/h2-17,27H,18H2,1H3,(H,29,30). The van der Waals surface area contributed by atoms with E-state index in [1.807, 2.05) is 48.5 Å². The molecule has 1 aliphatic rings. The Morgan fingerprint density at radius 1 is 0.909 bits per heavy atom. The van der Waals surface area contributed by atoms with Crippen molar-refractivity contribution < 1.29 is 4.74 Å². The number of hydrazone groups is 1. The molecular formula is C27H23ClN4O. The molecule has 0 saturated carbocycles. The van der Waals surface area contributed by atoms with Crippen LogP contribution in [0.5, 0.6) is 5.75 Å². The van der Waals surface area contributed by atoms with Crippen molar-refractivity contribution in [1.29, 1.82) is 0 Å². The van der Waals surface area contributed by atoms with E-state index >= 15 is 0 Å². The van der Waals surface area contributed by atoms with Gasteiger partial charge in [0.05, 0.1) is 24.6 Å². The SMILES string of the molecule is COc1ccc(C2CC(c3cccc(Nc4ccncc4)c3)=NN2c2ccc(Cl)cc2)cc1. The zero-order chi connectivity index (χ0) is 22.6. The molecule has 0 amide bonds. The van der Waals surface area contributed by atoms with E-state index in [2.05, 4.69) is 51.7 Å². The van der Waals surface area contributed by atoms with Crippen LogP contribution in [0.1, 0.15) is 23.6 Å². The average molecular weight is 455 g/mol. The summed E-state index contributed by atoms with van der Waals surface area (Å²) in [5.74, 6) is 0.839. The third-order valence-corrected chi connectivity index (χ3v) is 5.92. The Morgan fingerprint density at radius 2 is 1.67 bits per heavy atom. The molecule has 4 aromatic rings. The van der Waals surface area contributed by atoms with E-state index in [9.17, 15) is 0 Å². The minimum absolute atomic E-state index is 0.0731. The fourth-order valence-corrected chi connectivity index (χ4v) is 4.11. The first-order chi connectivity index (χ1) is 16.2. The summed E-state index contributed by atoms with van der Waals surface area (Å²) in [6.07, 6.45) is 4.33. The first kappa shape index (κ1) is 21.0. The Bertz CT molecular complexity index is 1260. The second kappa shape index (κ2) is 9.35.